The van der Waals surface area contributed by atoms with Crippen molar-refractivity contribution >= 4 is 27.5 Å². The minimum absolute atomic E-state index is 0.0367. The molecule has 90 valence electrons. The molecule has 0 fully saturated rings. The van der Waals surface area contributed by atoms with Crippen molar-refractivity contribution in [3.8, 4) is 0 Å². The van der Waals surface area contributed by atoms with E-state index in [1.807, 2.05) is 19.1 Å². The lowest BCUT2D eigenvalue weighted by Gasteiger charge is -2.13. The number of aliphatic hydroxyl groups is 1. The van der Waals surface area contributed by atoms with Crippen LogP contribution in [0, 0.1) is 0 Å². The van der Waals surface area contributed by atoms with Crippen LogP contribution in [0.1, 0.15) is 23.7 Å². The highest BCUT2D eigenvalue weighted by Crippen LogP contribution is 2.19. The SMILES string of the molecule is CCC(CO)NC(=O)c1ccc2ncsc2c1. The van der Waals surface area contributed by atoms with Crippen LogP contribution in [0.25, 0.3) is 10.2 Å². The lowest BCUT2D eigenvalue weighted by atomic mass is 10.1. The second kappa shape index (κ2) is 5.25. The van der Waals surface area contributed by atoms with E-state index in [0.717, 1.165) is 10.2 Å². The third-order valence-electron chi connectivity index (χ3n) is 2.64. The largest absolute Gasteiger partial charge is 0.394 e. The molecule has 0 saturated carbocycles. The predicted octanol–water partition coefficient (Wildman–Crippen LogP) is 1.80. The molecular formula is C12H14N2O2S. The summed E-state index contributed by atoms with van der Waals surface area (Å²) in [6.07, 6.45) is 0.713. The Kier molecular flexibility index (Phi) is 3.71. The van der Waals surface area contributed by atoms with Crippen molar-refractivity contribution in [1.29, 1.82) is 0 Å². The van der Waals surface area contributed by atoms with Gasteiger partial charge >= 0.3 is 0 Å². The summed E-state index contributed by atoms with van der Waals surface area (Å²) in [6.45, 7) is 1.89. The van der Waals surface area contributed by atoms with Crippen molar-refractivity contribution < 1.29 is 9.90 Å². The van der Waals surface area contributed by atoms with Gasteiger partial charge in [-0.3, -0.25) is 4.79 Å². The number of hydrogen-bond donors (Lipinski definition) is 2. The molecule has 0 saturated heterocycles. The smallest absolute Gasteiger partial charge is 0.251 e. The number of nitrogens with one attached hydrogen (secondary N) is 1. The van der Waals surface area contributed by atoms with E-state index in [1.54, 1.807) is 11.6 Å². The van der Waals surface area contributed by atoms with Crippen LogP contribution in [0.2, 0.25) is 0 Å². The van der Waals surface area contributed by atoms with Crippen molar-refractivity contribution in [2.75, 3.05) is 6.61 Å². The van der Waals surface area contributed by atoms with Crippen molar-refractivity contribution in [1.82, 2.24) is 10.3 Å². The zero-order chi connectivity index (χ0) is 12.3. The fourth-order valence-electron chi connectivity index (χ4n) is 1.54. The van der Waals surface area contributed by atoms with Gasteiger partial charge in [-0.15, -0.1) is 11.3 Å². The van der Waals surface area contributed by atoms with Crippen LogP contribution >= 0.6 is 11.3 Å². The zero-order valence-corrected chi connectivity index (χ0v) is 10.3. The topological polar surface area (TPSA) is 62.2 Å². The number of nitrogens with zero attached hydrogens (tertiary/aromatic N) is 1. The zero-order valence-electron chi connectivity index (χ0n) is 9.51. The number of aliphatic hydroxyl groups excluding tert-OH is 1. The molecular weight excluding hydrogens is 236 g/mol. The summed E-state index contributed by atoms with van der Waals surface area (Å²) in [7, 11) is 0. The Morgan fingerprint density at radius 3 is 3.12 bits per heavy atom. The van der Waals surface area contributed by atoms with Gasteiger partial charge in [-0.05, 0) is 24.6 Å². The van der Waals surface area contributed by atoms with Crippen molar-refractivity contribution in [3.63, 3.8) is 0 Å². The number of carbonyl (C=O) groups is 1. The molecule has 5 heteroatoms. The molecule has 2 rings (SSSR count). The van der Waals surface area contributed by atoms with Gasteiger partial charge in [-0.2, -0.15) is 0 Å². The highest BCUT2D eigenvalue weighted by molar-refractivity contribution is 7.16. The van der Waals surface area contributed by atoms with Gasteiger partial charge in [0.05, 0.1) is 28.4 Å². The molecule has 1 aromatic carbocycles. The first kappa shape index (κ1) is 12.0. The van der Waals surface area contributed by atoms with E-state index in [1.165, 1.54) is 11.3 Å². The number of benzene rings is 1. The Bertz CT molecular complexity index is 520. The Balaban J connectivity index is 2.18. The summed E-state index contributed by atoms with van der Waals surface area (Å²) in [4.78, 5) is 16.1. The minimum Gasteiger partial charge on any atom is -0.394 e. The fraction of sp³-hybridized carbons (Fsp3) is 0.333. The second-order valence-corrected chi connectivity index (χ2v) is 4.68. The second-order valence-electron chi connectivity index (χ2n) is 3.80. The average molecular weight is 250 g/mol. The third kappa shape index (κ3) is 2.62. The van der Waals surface area contributed by atoms with E-state index in [9.17, 15) is 4.79 Å². The molecule has 0 aliphatic rings. The molecule has 1 aromatic heterocycles. The Morgan fingerprint density at radius 1 is 1.59 bits per heavy atom. The first-order valence-electron chi connectivity index (χ1n) is 5.49. The molecule has 2 N–H and O–H groups in total. The van der Waals surface area contributed by atoms with Gasteiger partial charge in [0.15, 0.2) is 0 Å². The fourth-order valence-corrected chi connectivity index (χ4v) is 2.26. The monoisotopic (exact) mass is 250 g/mol. The highest BCUT2D eigenvalue weighted by Gasteiger charge is 2.11. The van der Waals surface area contributed by atoms with E-state index in [0.29, 0.717) is 12.0 Å². The average Bonchev–Trinajstić information content (AvgIpc) is 2.82. The van der Waals surface area contributed by atoms with E-state index in [2.05, 4.69) is 10.3 Å². The lowest BCUT2D eigenvalue weighted by molar-refractivity contribution is 0.0915. The summed E-state index contributed by atoms with van der Waals surface area (Å²) in [5.74, 6) is -0.152. The molecule has 0 aliphatic carbocycles. The molecule has 0 aliphatic heterocycles. The van der Waals surface area contributed by atoms with Gasteiger partial charge in [0, 0.05) is 5.56 Å². The van der Waals surface area contributed by atoms with Crippen LogP contribution in [0.15, 0.2) is 23.7 Å². The van der Waals surface area contributed by atoms with Crippen molar-refractivity contribution in [2.24, 2.45) is 0 Å². The number of amides is 1. The van der Waals surface area contributed by atoms with E-state index < -0.39 is 0 Å². The standard InChI is InChI=1S/C12H14N2O2S/c1-2-9(6-15)14-12(16)8-3-4-10-11(5-8)17-7-13-10/h3-5,7,9,15H,2,6H2,1H3,(H,14,16). The maximum Gasteiger partial charge on any atom is 0.251 e. The van der Waals surface area contributed by atoms with E-state index >= 15 is 0 Å². The van der Waals surface area contributed by atoms with Crippen molar-refractivity contribution in [3.05, 3.63) is 29.3 Å². The molecule has 1 unspecified atom stereocenters. The van der Waals surface area contributed by atoms with Gasteiger partial charge in [0.1, 0.15) is 0 Å². The number of thiazole rings is 1. The van der Waals surface area contributed by atoms with Crippen LogP contribution in [0.4, 0.5) is 0 Å². The number of carbonyl (C=O) groups excluding carboxylic acids is 1. The molecule has 1 atom stereocenters. The van der Waals surface area contributed by atoms with Crippen molar-refractivity contribution in [2.45, 2.75) is 19.4 Å². The van der Waals surface area contributed by atoms with Crippen LogP contribution in [0.5, 0.6) is 0 Å². The first-order chi connectivity index (χ1) is 8.24. The lowest BCUT2D eigenvalue weighted by Crippen LogP contribution is -2.36. The summed E-state index contributed by atoms with van der Waals surface area (Å²) in [5.41, 5.74) is 3.27. The third-order valence-corrected chi connectivity index (χ3v) is 3.43. The highest BCUT2D eigenvalue weighted by atomic mass is 32.1. The van der Waals surface area contributed by atoms with Gasteiger partial charge in [0.2, 0.25) is 0 Å². The maximum absolute atomic E-state index is 11.9. The summed E-state index contributed by atoms with van der Waals surface area (Å²) >= 11 is 1.51. The van der Waals surface area contributed by atoms with Gasteiger partial charge in [-0.25, -0.2) is 4.98 Å². The first-order valence-corrected chi connectivity index (χ1v) is 6.37. The normalized spacial score (nSPS) is 12.6. The Labute approximate surface area is 103 Å². The number of rotatable bonds is 4. The molecule has 2 aromatic rings. The van der Waals surface area contributed by atoms with Gasteiger partial charge in [0.25, 0.3) is 5.91 Å². The van der Waals surface area contributed by atoms with E-state index in [-0.39, 0.29) is 18.6 Å². The van der Waals surface area contributed by atoms with Crippen LogP contribution < -0.4 is 5.32 Å². The predicted molar refractivity (Wildman–Crippen MR) is 68.3 cm³/mol. The molecule has 4 nitrogen and oxygen atoms in total. The summed E-state index contributed by atoms with van der Waals surface area (Å²) < 4.78 is 0.995. The van der Waals surface area contributed by atoms with Crippen LogP contribution in [-0.2, 0) is 0 Å². The molecule has 0 radical (unpaired) electrons. The van der Waals surface area contributed by atoms with Gasteiger partial charge in [-0.1, -0.05) is 6.92 Å². The summed E-state index contributed by atoms with van der Waals surface area (Å²) in [5, 5.41) is 11.8. The van der Waals surface area contributed by atoms with Gasteiger partial charge < -0.3 is 10.4 Å². The molecule has 0 bridgehead atoms. The summed E-state index contributed by atoms with van der Waals surface area (Å²) in [6, 6.07) is 5.23. The molecule has 1 heterocycles. The Hall–Kier alpha value is -1.46. The van der Waals surface area contributed by atoms with E-state index in [4.69, 9.17) is 5.11 Å². The molecule has 1 amide bonds. The minimum atomic E-state index is -0.181. The number of fused-ring (bicyclic) bond motifs is 1. The number of hydrogen-bond acceptors (Lipinski definition) is 4. The molecule has 0 spiro atoms. The van der Waals surface area contributed by atoms with Crippen LogP contribution in [-0.4, -0.2) is 28.6 Å². The quantitative estimate of drug-likeness (QED) is 0.869. The van der Waals surface area contributed by atoms with Crippen LogP contribution in [0.3, 0.4) is 0 Å². The maximum atomic E-state index is 11.9. The molecule has 17 heavy (non-hydrogen) atoms. The number of aromatic nitrogens is 1. The Morgan fingerprint density at radius 2 is 2.41 bits per heavy atom.